The van der Waals surface area contributed by atoms with Crippen LogP contribution in [-0.2, 0) is 22.6 Å². The first-order chi connectivity index (χ1) is 16.4. The van der Waals surface area contributed by atoms with Crippen LogP contribution in [0.25, 0.3) is 21.6 Å². The van der Waals surface area contributed by atoms with Crippen molar-refractivity contribution in [2.75, 3.05) is 18.2 Å². The Morgan fingerprint density at radius 3 is 2.79 bits per heavy atom. The van der Waals surface area contributed by atoms with Crippen molar-refractivity contribution >= 4 is 44.9 Å². The highest BCUT2D eigenvalue weighted by Crippen LogP contribution is 2.42. The van der Waals surface area contributed by atoms with E-state index in [-0.39, 0.29) is 17.3 Å². The number of ether oxygens (including phenoxy) is 2. The average molecular weight is 492 g/mol. The first kappa shape index (κ1) is 22.8. The number of amides is 1. The largest absolute Gasteiger partial charge is 0.497 e. The van der Waals surface area contributed by atoms with Crippen molar-refractivity contribution in [3.05, 3.63) is 65.0 Å². The van der Waals surface area contributed by atoms with Crippen LogP contribution < -0.4 is 10.1 Å². The van der Waals surface area contributed by atoms with Gasteiger partial charge in [0.15, 0.2) is 5.82 Å². The zero-order valence-corrected chi connectivity index (χ0v) is 20.9. The highest BCUT2D eigenvalue weighted by molar-refractivity contribution is 8.00. The molecule has 0 bridgehead atoms. The number of methoxy groups -OCH3 is 1. The molecular weight excluding hydrogens is 466 g/mol. The maximum atomic E-state index is 12.8. The Kier molecular flexibility index (Phi) is 6.29. The summed E-state index contributed by atoms with van der Waals surface area (Å²) in [4.78, 5) is 24.7. The molecule has 2 aromatic heterocycles. The van der Waals surface area contributed by atoms with Crippen molar-refractivity contribution in [3.8, 4) is 17.1 Å². The maximum Gasteiger partial charge on any atom is 0.234 e. The number of hydrogen-bond acceptors (Lipinski definition) is 7. The Morgan fingerprint density at radius 2 is 2.00 bits per heavy atom. The molecule has 8 heteroatoms. The molecule has 4 aromatic rings. The molecule has 0 radical (unpaired) electrons. The smallest absolute Gasteiger partial charge is 0.234 e. The third-order valence-corrected chi connectivity index (χ3v) is 7.70. The Balaban J connectivity index is 1.48. The quantitative estimate of drug-likeness (QED) is 0.265. The summed E-state index contributed by atoms with van der Waals surface area (Å²) >= 11 is 3.11. The number of rotatable bonds is 6. The second kappa shape index (κ2) is 9.37. The van der Waals surface area contributed by atoms with Crippen molar-refractivity contribution in [3.63, 3.8) is 0 Å². The molecule has 0 atom stereocenters. The molecule has 2 aromatic carbocycles. The van der Waals surface area contributed by atoms with Crippen LogP contribution in [0.2, 0.25) is 0 Å². The normalized spacial score (nSPS) is 14.6. The number of thiophene rings is 1. The lowest BCUT2D eigenvalue weighted by Gasteiger charge is -2.30. The lowest BCUT2D eigenvalue weighted by atomic mass is 9.94. The van der Waals surface area contributed by atoms with Crippen molar-refractivity contribution in [1.82, 2.24) is 9.97 Å². The van der Waals surface area contributed by atoms with Crippen molar-refractivity contribution in [2.24, 2.45) is 0 Å². The lowest BCUT2D eigenvalue weighted by Crippen LogP contribution is -2.31. The van der Waals surface area contributed by atoms with Crippen LogP contribution in [-0.4, -0.2) is 34.3 Å². The first-order valence-electron chi connectivity index (χ1n) is 11.0. The van der Waals surface area contributed by atoms with Gasteiger partial charge in [-0.25, -0.2) is 9.97 Å². The molecule has 0 saturated carbocycles. The fourth-order valence-corrected chi connectivity index (χ4v) is 5.99. The average Bonchev–Trinajstić information content (AvgIpc) is 3.20. The summed E-state index contributed by atoms with van der Waals surface area (Å²) in [7, 11) is 1.61. The minimum absolute atomic E-state index is 0.0981. The summed E-state index contributed by atoms with van der Waals surface area (Å²) in [5.41, 5.74) is 2.65. The fourth-order valence-electron chi connectivity index (χ4n) is 3.96. The molecule has 1 N–H and O–H groups in total. The van der Waals surface area contributed by atoms with Gasteiger partial charge in [0.1, 0.15) is 15.6 Å². The summed E-state index contributed by atoms with van der Waals surface area (Å²) < 4.78 is 11.3. The molecule has 0 saturated heterocycles. The molecule has 1 aliphatic heterocycles. The minimum atomic E-state index is -0.245. The Bertz CT molecular complexity index is 1350. The van der Waals surface area contributed by atoms with Crippen molar-refractivity contribution < 1.29 is 14.3 Å². The SMILES string of the molecule is COc1cccc(NC(=O)CSc2nc(-c3ccccc3)nc3sc4c(c23)CC(C)(C)OC4)c1. The lowest BCUT2D eigenvalue weighted by molar-refractivity contribution is -0.113. The highest BCUT2D eigenvalue weighted by atomic mass is 32.2. The molecule has 0 aliphatic carbocycles. The molecule has 34 heavy (non-hydrogen) atoms. The van der Waals surface area contributed by atoms with Crippen molar-refractivity contribution in [2.45, 2.75) is 37.5 Å². The van der Waals surface area contributed by atoms with E-state index in [0.29, 0.717) is 23.9 Å². The standard InChI is InChI=1S/C26H25N3O3S2/c1-26(2)13-19-20(14-32-26)34-25-22(19)24(28-23(29-25)16-8-5-4-6-9-16)33-15-21(30)27-17-10-7-11-18(12-17)31-3/h4-12H,13-15H2,1-3H3,(H,27,30). The van der Waals surface area contributed by atoms with Crippen molar-refractivity contribution in [1.29, 1.82) is 0 Å². The molecule has 0 unspecified atom stereocenters. The van der Waals surface area contributed by atoms with E-state index in [1.165, 1.54) is 22.2 Å². The summed E-state index contributed by atoms with van der Waals surface area (Å²) in [6.07, 6.45) is 0.792. The van der Waals surface area contributed by atoms with Gasteiger partial charge in [-0.1, -0.05) is 48.2 Å². The van der Waals surface area contributed by atoms with Crippen LogP contribution >= 0.6 is 23.1 Å². The van der Waals surface area contributed by atoms with Gasteiger partial charge in [0, 0.05) is 34.0 Å². The van der Waals surface area contributed by atoms with Crippen LogP contribution in [0.4, 0.5) is 5.69 Å². The van der Waals surface area contributed by atoms with E-state index in [1.54, 1.807) is 24.5 Å². The molecule has 0 fully saturated rings. The second-order valence-electron chi connectivity index (χ2n) is 8.70. The van der Waals surface area contributed by atoms with E-state index in [4.69, 9.17) is 19.4 Å². The number of aromatic nitrogens is 2. The number of thioether (sulfide) groups is 1. The number of carbonyl (C=O) groups excluding carboxylic acids is 1. The first-order valence-corrected chi connectivity index (χ1v) is 12.8. The molecule has 1 amide bonds. The van der Waals surface area contributed by atoms with Gasteiger partial charge in [-0.15, -0.1) is 11.3 Å². The summed E-state index contributed by atoms with van der Waals surface area (Å²) in [5, 5.41) is 4.83. The minimum Gasteiger partial charge on any atom is -0.497 e. The molecular formula is C26H25N3O3S2. The summed E-state index contributed by atoms with van der Waals surface area (Å²) in [5.74, 6) is 1.51. The maximum absolute atomic E-state index is 12.8. The van der Waals surface area contributed by atoms with Gasteiger partial charge in [-0.05, 0) is 31.5 Å². The number of benzene rings is 2. The second-order valence-corrected chi connectivity index (χ2v) is 10.7. The zero-order valence-electron chi connectivity index (χ0n) is 19.3. The fraction of sp³-hybridized carbons (Fsp3) is 0.269. The molecule has 0 spiro atoms. The van der Waals surface area contributed by atoms with Crippen LogP contribution in [0.1, 0.15) is 24.3 Å². The van der Waals surface area contributed by atoms with E-state index in [1.807, 2.05) is 48.5 Å². The predicted molar refractivity (Wildman–Crippen MR) is 138 cm³/mol. The molecule has 3 heterocycles. The molecule has 5 rings (SSSR count). The van der Waals surface area contributed by atoms with E-state index in [2.05, 4.69) is 19.2 Å². The number of hydrogen-bond donors (Lipinski definition) is 1. The molecule has 1 aliphatic rings. The Hall–Kier alpha value is -2.94. The van der Waals surface area contributed by atoms with E-state index >= 15 is 0 Å². The predicted octanol–water partition coefficient (Wildman–Crippen LogP) is 5.95. The monoisotopic (exact) mass is 491 g/mol. The number of nitrogens with zero attached hydrogens (tertiary/aromatic N) is 2. The topological polar surface area (TPSA) is 73.3 Å². The van der Waals surface area contributed by atoms with Gasteiger partial charge in [0.2, 0.25) is 5.91 Å². The zero-order chi connectivity index (χ0) is 23.7. The number of nitrogens with one attached hydrogen (secondary N) is 1. The Labute approximate surface area is 206 Å². The van der Waals surface area contributed by atoms with Gasteiger partial charge < -0.3 is 14.8 Å². The molecule has 174 valence electrons. The van der Waals surface area contributed by atoms with Gasteiger partial charge in [0.05, 0.1) is 25.1 Å². The third kappa shape index (κ3) is 4.80. The van der Waals surface area contributed by atoms with Crippen LogP contribution in [0.5, 0.6) is 5.75 Å². The number of fused-ring (bicyclic) bond motifs is 3. The third-order valence-electron chi connectivity index (χ3n) is 5.62. The number of anilines is 1. The summed E-state index contributed by atoms with van der Waals surface area (Å²) in [6, 6.07) is 17.3. The van der Waals surface area contributed by atoms with E-state index in [0.717, 1.165) is 27.2 Å². The van der Waals surface area contributed by atoms with Crippen LogP contribution in [0.15, 0.2) is 59.6 Å². The van der Waals surface area contributed by atoms with Gasteiger partial charge in [0.25, 0.3) is 0 Å². The Morgan fingerprint density at radius 1 is 1.18 bits per heavy atom. The van der Waals surface area contributed by atoms with Gasteiger partial charge >= 0.3 is 0 Å². The van der Waals surface area contributed by atoms with E-state index in [9.17, 15) is 4.79 Å². The molecule has 6 nitrogen and oxygen atoms in total. The van der Waals surface area contributed by atoms with Gasteiger partial charge in [-0.2, -0.15) is 0 Å². The van der Waals surface area contributed by atoms with Crippen LogP contribution in [0, 0.1) is 0 Å². The van der Waals surface area contributed by atoms with E-state index < -0.39 is 0 Å². The van der Waals surface area contributed by atoms with Crippen LogP contribution in [0.3, 0.4) is 0 Å². The van der Waals surface area contributed by atoms with Gasteiger partial charge in [-0.3, -0.25) is 4.79 Å². The summed E-state index contributed by atoms with van der Waals surface area (Å²) in [6.45, 7) is 4.78. The highest BCUT2D eigenvalue weighted by Gasteiger charge is 2.31. The number of carbonyl (C=O) groups is 1.